The van der Waals surface area contributed by atoms with Crippen LogP contribution in [0.5, 0.6) is 5.75 Å². The SMILES string of the molecule is O=C(CSc1ccc(C(=O)O)cc1)N[C@@H]1C(=O)N2C(C(=O)O)=C(C=C3CCN(Cc4ccc(O)cc4)C3=O)CS[C@H]12. The Kier molecular flexibility index (Phi) is 8.08. The predicted octanol–water partition coefficient (Wildman–Crippen LogP) is 2.28. The van der Waals surface area contributed by atoms with E-state index >= 15 is 0 Å². The number of carboxylic acids is 2. The van der Waals surface area contributed by atoms with Crippen molar-refractivity contribution in [2.24, 2.45) is 0 Å². The Morgan fingerprint density at radius 1 is 1.02 bits per heavy atom. The third-order valence-electron chi connectivity index (χ3n) is 6.86. The summed E-state index contributed by atoms with van der Waals surface area (Å²) in [5.74, 6) is -3.11. The van der Waals surface area contributed by atoms with Gasteiger partial charge in [0.2, 0.25) is 11.8 Å². The summed E-state index contributed by atoms with van der Waals surface area (Å²) in [4.78, 5) is 65.2. The smallest absolute Gasteiger partial charge is 0.352 e. The molecule has 0 spiro atoms. The molecule has 0 bridgehead atoms. The molecule has 3 aliphatic rings. The van der Waals surface area contributed by atoms with E-state index < -0.39 is 35.2 Å². The fourth-order valence-electron chi connectivity index (χ4n) is 4.80. The molecule has 3 amide bonds. The van der Waals surface area contributed by atoms with Crippen LogP contribution in [0.25, 0.3) is 0 Å². The number of benzene rings is 2. The molecule has 5 rings (SSSR count). The second-order valence-electron chi connectivity index (χ2n) is 9.56. The van der Waals surface area contributed by atoms with E-state index in [2.05, 4.69) is 5.32 Å². The number of hydrogen-bond donors (Lipinski definition) is 4. The van der Waals surface area contributed by atoms with Crippen molar-refractivity contribution in [2.75, 3.05) is 18.1 Å². The minimum absolute atomic E-state index is 0.00465. The topological polar surface area (TPSA) is 165 Å². The highest BCUT2D eigenvalue weighted by Crippen LogP contribution is 2.41. The predicted molar refractivity (Wildman–Crippen MR) is 150 cm³/mol. The van der Waals surface area contributed by atoms with Crippen LogP contribution in [0.15, 0.2) is 76.3 Å². The van der Waals surface area contributed by atoms with E-state index in [9.17, 15) is 34.2 Å². The molecular formula is C28H25N3O8S2. The third kappa shape index (κ3) is 5.95. The van der Waals surface area contributed by atoms with E-state index in [1.54, 1.807) is 47.4 Å². The lowest BCUT2D eigenvalue weighted by Gasteiger charge is -2.49. The number of aliphatic carboxylic acids is 1. The van der Waals surface area contributed by atoms with Gasteiger partial charge in [0, 0.05) is 29.3 Å². The molecule has 2 fully saturated rings. The number of fused-ring (bicyclic) bond motifs is 1. The van der Waals surface area contributed by atoms with Gasteiger partial charge >= 0.3 is 11.9 Å². The molecule has 2 atom stereocenters. The lowest BCUT2D eigenvalue weighted by Crippen LogP contribution is -2.70. The van der Waals surface area contributed by atoms with Crippen molar-refractivity contribution in [3.05, 3.63) is 82.6 Å². The summed E-state index contributed by atoms with van der Waals surface area (Å²) in [7, 11) is 0. The lowest BCUT2D eigenvalue weighted by atomic mass is 10.0. The summed E-state index contributed by atoms with van der Waals surface area (Å²) in [6.07, 6.45) is 2.00. The number of carboxylic acid groups (broad SMARTS) is 2. The number of nitrogens with zero attached hydrogens (tertiary/aromatic N) is 2. The average Bonchev–Trinajstić information content (AvgIpc) is 3.29. The first-order valence-electron chi connectivity index (χ1n) is 12.6. The second kappa shape index (κ2) is 11.7. The maximum Gasteiger partial charge on any atom is 0.352 e. The van der Waals surface area contributed by atoms with Crippen LogP contribution in [0.3, 0.4) is 0 Å². The van der Waals surface area contributed by atoms with Gasteiger partial charge in [-0.2, -0.15) is 0 Å². The highest BCUT2D eigenvalue weighted by Gasteiger charge is 2.54. The van der Waals surface area contributed by atoms with Crippen molar-refractivity contribution in [1.29, 1.82) is 0 Å². The molecule has 2 saturated heterocycles. The normalized spacial score (nSPS) is 21.1. The summed E-state index contributed by atoms with van der Waals surface area (Å²) in [5, 5.41) is 30.5. The zero-order valence-electron chi connectivity index (χ0n) is 21.5. The molecule has 0 unspecified atom stereocenters. The third-order valence-corrected chi connectivity index (χ3v) is 9.17. The first-order chi connectivity index (χ1) is 19.6. The van der Waals surface area contributed by atoms with Crippen LogP contribution in [0.2, 0.25) is 0 Å². The molecule has 0 aliphatic carbocycles. The molecule has 0 radical (unpaired) electrons. The van der Waals surface area contributed by atoms with Crippen molar-refractivity contribution in [3.8, 4) is 5.75 Å². The Morgan fingerprint density at radius 2 is 1.73 bits per heavy atom. The first-order valence-corrected chi connectivity index (χ1v) is 14.6. The molecule has 212 valence electrons. The molecular weight excluding hydrogens is 570 g/mol. The zero-order valence-corrected chi connectivity index (χ0v) is 23.1. The lowest BCUT2D eigenvalue weighted by molar-refractivity contribution is -0.150. The van der Waals surface area contributed by atoms with Gasteiger partial charge in [-0.3, -0.25) is 19.3 Å². The molecule has 3 aliphatic heterocycles. The molecule has 13 heteroatoms. The summed E-state index contributed by atoms with van der Waals surface area (Å²) >= 11 is 2.50. The van der Waals surface area contributed by atoms with E-state index in [1.165, 1.54) is 40.6 Å². The van der Waals surface area contributed by atoms with Gasteiger partial charge in [-0.1, -0.05) is 12.1 Å². The maximum absolute atomic E-state index is 13.0. The largest absolute Gasteiger partial charge is 0.508 e. The number of hydrogen-bond acceptors (Lipinski definition) is 8. The number of aromatic hydroxyl groups is 1. The maximum atomic E-state index is 13.0. The number of rotatable bonds is 9. The quantitative estimate of drug-likeness (QED) is 0.192. The van der Waals surface area contributed by atoms with E-state index in [0.29, 0.717) is 35.6 Å². The fraction of sp³-hybridized carbons (Fsp3) is 0.250. The minimum Gasteiger partial charge on any atom is -0.508 e. The van der Waals surface area contributed by atoms with Crippen LogP contribution in [-0.4, -0.2) is 84.2 Å². The van der Waals surface area contributed by atoms with Crippen LogP contribution < -0.4 is 5.32 Å². The first kappa shape index (κ1) is 28.3. The molecule has 2 aromatic carbocycles. The van der Waals surface area contributed by atoms with Crippen molar-refractivity contribution in [1.82, 2.24) is 15.1 Å². The van der Waals surface area contributed by atoms with Gasteiger partial charge in [0.1, 0.15) is 22.9 Å². The summed E-state index contributed by atoms with van der Waals surface area (Å²) in [5.41, 5.74) is 1.63. The van der Waals surface area contributed by atoms with Gasteiger partial charge in [0.15, 0.2) is 0 Å². The Morgan fingerprint density at radius 3 is 2.39 bits per heavy atom. The number of carbonyl (C=O) groups excluding carboxylic acids is 3. The number of phenolic OH excluding ortho intramolecular Hbond substituents is 1. The monoisotopic (exact) mass is 595 g/mol. The number of allylic oxidation sites excluding steroid dienone is 1. The van der Waals surface area contributed by atoms with E-state index in [0.717, 1.165) is 5.56 Å². The van der Waals surface area contributed by atoms with Gasteiger partial charge in [-0.15, -0.1) is 23.5 Å². The van der Waals surface area contributed by atoms with Crippen LogP contribution in [0.1, 0.15) is 22.3 Å². The number of carbonyl (C=O) groups is 5. The molecule has 3 heterocycles. The van der Waals surface area contributed by atoms with Gasteiger partial charge in [-0.25, -0.2) is 9.59 Å². The number of phenols is 1. The number of aromatic carboxylic acids is 1. The molecule has 4 N–H and O–H groups in total. The van der Waals surface area contributed by atoms with Crippen LogP contribution in [0, 0.1) is 0 Å². The molecule has 2 aromatic rings. The number of thioether (sulfide) groups is 2. The van der Waals surface area contributed by atoms with Gasteiger partial charge in [0.05, 0.1) is 11.3 Å². The summed E-state index contributed by atoms with van der Waals surface area (Å²) < 4.78 is 0. The van der Waals surface area contributed by atoms with Gasteiger partial charge in [0.25, 0.3) is 5.91 Å². The van der Waals surface area contributed by atoms with E-state index in [1.807, 2.05) is 0 Å². The number of likely N-dealkylation sites (tertiary alicyclic amines) is 1. The van der Waals surface area contributed by atoms with Gasteiger partial charge < -0.3 is 25.5 Å². The van der Waals surface area contributed by atoms with Crippen LogP contribution in [-0.2, 0) is 25.7 Å². The molecule has 41 heavy (non-hydrogen) atoms. The average molecular weight is 596 g/mol. The molecule has 11 nitrogen and oxygen atoms in total. The second-order valence-corrected chi connectivity index (χ2v) is 11.7. The van der Waals surface area contributed by atoms with Crippen molar-refractivity contribution >= 4 is 53.2 Å². The summed E-state index contributed by atoms with van der Waals surface area (Å²) in [6.45, 7) is 0.825. The minimum atomic E-state index is -1.29. The highest BCUT2D eigenvalue weighted by atomic mass is 32.2. The zero-order chi connectivity index (χ0) is 29.3. The Hall–Kier alpha value is -4.23. The highest BCUT2D eigenvalue weighted by molar-refractivity contribution is 8.00. The Balaban J connectivity index is 1.22. The summed E-state index contributed by atoms with van der Waals surface area (Å²) in [6, 6.07) is 11.7. The van der Waals surface area contributed by atoms with Crippen LogP contribution in [0.4, 0.5) is 0 Å². The van der Waals surface area contributed by atoms with E-state index in [-0.39, 0.29) is 34.4 Å². The Bertz CT molecular complexity index is 1490. The van der Waals surface area contributed by atoms with Crippen molar-refractivity contribution in [2.45, 2.75) is 29.3 Å². The van der Waals surface area contributed by atoms with Crippen molar-refractivity contribution < 1.29 is 39.3 Å². The number of β-lactam (4-membered cyclic amide) rings is 1. The number of amides is 3. The van der Waals surface area contributed by atoms with Crippen LogP contribution >= 0.6 is 23.5 Å². The number of nitrogens with one attached hydrogen (secondary N) is 1. The van der Waals surface area contributed by atoms with Gasteiger partial charge in [-0.05, 0) is 60.0 Å². The fourth-order valence-corrected chi connectivity index (χ4v) is 6.81. The standard InChI is InChI=1S/C28H25N3O8S2/c32-19-5-1-15(2-6-19)12-30-10-9-17(24(30)34)11-18-13-41-26-22(25(35)31(26)23(18)28(38)39)29-21(33)14-40-20-7-3-16(4-8-20)27(36)37/h1-8,11,22,26,32H,9-10,12-14H2,(H,29,33)(H,36,37)(H,38,39)/t22-,26-/m1/s1. The van der Waals surface area contributed by atoms with E-state index in [4.69, 9.17) is 5.11 Å². The molecule has 0 saturated carbocycles. The molecule has 0 aromatic heterocycles. The van der Waals surface area contributed by atoms with Crippen molar-refractivity contribution in [3.63, 3.8) is 0 Å². The Labute approximate surface area is 242 Å².